The first kappa shape index (κ1) is 13.3. The van der Waals surface area contributed by atoms with Crippen molar-refractivity contribution in [1.82, 2.24) is 10.6 Å². The predicted octanol–water partition coefficient (Wildman–Crippen LogP) is 2.76. The van der Waals surface area contributed by atoms with Crippen molar-refractivity contribution >= 4 is 39.9 Å². The van der Waals surface area contributed by atoms with Crippen LogP contribution in [0.4, 0.5) is 0 Å². The predicted molar refractivity (Wildman–Crippen MR) is 70.0 cm³/mol. The number of benzene rings is 1. The molecule has 2 nitrogen and oxygen atoms in total. The third-order valence-electron chi connectivity index (χ3n) is 2.39. The van der Waals surface area contributed by atoms with Crippen molar-refractivity contribution in [2.75, 3.05) is 19.6 Å². The molecule has 1 aliphatic heterocycles. The van der Waals surface area contributed by atoms with Gasteiger partial charge in [0.2, 0.25) is 0 Å². The van der Waals surface area contributed by atoms with E-state index >= 15 is 0 Å². The largest absolute Gasteiger partial charge is 0.314 e. The van der Waals surface area contributed by atoms with Gasteiger partial charge in [0.05, 0.1) is 5.02 Å². The lowest BCUT2D eigenvalue weighted by Crippen LogP contribution is -2.42. The SMILES string of the molecule is Cl.Clc1ccc([C@@H]2CNCCN2)cc1Br. The van der Waals surface area contributed by atoms with Crippen LogP contribution in [0.25, 0.3) is 0 Å². The summed E-state index contributed by atoms with van der Waals surface area (Å²) in [6, 6.07) is 6.47. The minimum Gasteiger partial charge on any atom is -0.314 e. The van der Waals surface area contributed by atoms with Gasteiger partial charge in [-0.25, -0.2) is 0 Å². The van der Waals surface area contributed by atoms with Gasteiger partial charge in [-0.05, 0) is 33.6 Å². The zero-order chi connectivity index (χ0) is 9.97. The number of rotatable bonds is 1. The summed E-state index contributed by atoms with van der Waals surface area (Å²) in [4.78, 5) is 0. The van der Waals surface area contributed by atoms with Gasteiger partial charge in [0, 0.05) is 30.1 Å². The molecule has 1 atom stereocenters. The summed E-state index contributed by atoms with van der Waals surface area (Å²) in [5, 5.41) is 7.57. The van der Waals surface area contributed by atoms with Crippen LogP contribution in [0, 0.1) is 0 Å². The highest BCUT2D eigenvalue weighted by Crippen LogP contribution is 2.26. The molecule has 2 rings (SSSR count). The van der Waals surface area contributed by atoms with Crippen LogP contribution < -0.4 is 10.6 Å². The van der Waals surface area contributed by atoms with Gasteiger partial charge in [0.15, 0.2) is 0 Å². The molecule has 1 aliphatic rings. The second kappa shape index (κ2) is 6.06. The fourth-order valence-corrected chi connectivity index (χ4v) is 2.13. The first-order valence-corrected chi connectivity index (χ1v) is 5.83. The van der Waals surface area contributed by atoms with Gasteiger partial charge < -0.3 is 10.6 Å². The van der Waals surface area contributed by atoms with E-state index < -0.39 is 0 Å². The number of hydrogen-bond donors (Lipinski definition) is 2. The third-order valence-corrected chi connectivity index (χ3v) is 3.60. The molecule has 2 N–H and O–H groups in total. The number of piperazine rings is 1. The van der Waals surface area contributed by atoms with Crippen molar-refractivity contribution in [1.29, 1.82) is 0 Å². The van der Waals surface area contributed by atoms with Crippen LogP contribution in [0.15, 0.2) is 22.7 Å². The fraction of sp³-hybridized carbons (Fsp3) is 0.400. The zero-order valence-electron chi connectivity index (χ0n) is 8.09. The lowest BCUT2D eigenvalue weighted by atomic mass is 10.1. The standard InChI is InChI=1S/C10H12BrClN2.ClH/c11-8-5-7(1-2-9(8)12)10-6-13-3-4-14-10;/h1-2,5,10,13-14H,3-4,6H2;1H/t10-;/m0./s1. The van der Waals surface area contributed by atoms with E-state index in [4.69, 9.17) is 11.6 Å². The van der Waals surface area contributed by atoms with E-state index in [1.165, 1.54) is 5.56 Å². The summed E-state index contributed by atoms with van der Waals surface area (Å²) in [5.41, 5.74) is 1.27. The molecule has 0 radical (unpaired) electrons. The molecule has 15 heavy (non-hydrogen) atoms. The monoisotopic (exact) mass is 310 g/mol. The van der Waals surface area contributed by atoms with Crippen molar-refractivity contribution in [3.05, 3.63) is 33.3 Å². The molecule has 0 aromatic heterocycles. The highest BCUT2D eigenvalue weighted by Gasteiger charge is 2.14. The molecule has 1 heterocycles. The summed E-state index contributed by atoms with van der Waals surface area (Å²) in [5.74, 6) is 0. The first-order valence-electron chi connectivity index (χ1n) is 4.66. The van der Waals surface area contributed by atoms with Gasteiger partial charge in [0.25, 0.3) is 0 Å². The van der Waals surface area contributed by atoms with Gasteiger partial charge in [-0.15, -0.1) is 12.4 Å². The molecular formula is C10H13BrCl2N2. The Hall–Kier alpha value is 0.200. The molecule has 0 aliphatic carbocycles. The molecule has 84 valence electrons. The molecular weight excluding hydrogens is 299 g/mol. The first-order chi connectivity index (χ1) is 6.77. The van der Waals surface area contributed by atoms with Crippen LogP contribution in [0.1, 0.15) is 11.6 Å². The number of hydrogen-bond acceptors (Lipinski definition) is 2. The normalized spacial score (nSPS) is 20.8. The van der Waals surface area contributed by atoms with Crippen molar-refractivity contribution in [2.45, 2.75) is 6.04 Å². The minimum atomic E-state index is 0. The Kier molecular flexibility index (Phi) is 5.36. The van der Waals surface area contributed by atoms with E-state index in [0.717, 1.165) is 29.1 Å². The maximum absolute atomic E-state index is 5.94. The van der Waals surface area contributed by atoms with Gasteiger partial charge in [0.1, 0.15) is 0 Å². The lowest BCUT2D eigenvalue weighted by Gasteiger charge is -2.25. The van der Waals surface area contributed by atoms with Crippen molar-refractivity contribution in [2.24, 2.45) is 0 Å². The van der Waals surface area contributed by atoms with Crippen LogP contribution in [0.5, 0.6) is 0 Å². The summed E-state index contributed by atoms with van der Waals surface area (Å²) >= 11 is 9.37. The Morgan fingerprint density at radius 1 is 1.33 bits per heavy atom. The van der Waals surface area contributed by atoms with E-state index in [9.17, 15) is 0 Å². The Labute approximate surface area is 109 Å². The van der Waals surface area contributed by atoms with Crippen LogP contribution >= 0.6 is 39.9 Å². The zero-order valence-corrected chi connectivity index (χ0v) is 11.3. The van der Waals surface area contributed by atoms with Crippen molar-refractivity contribution in [3.8, 4) is 0 Å². The second-order valence-corrected chi connectivity index (χ2v) is 4.65. The van der Waals surface area contributed by atoms with Crippen LogP contribution in [-0.4, -0.2) is 19.6 Å². The quantitative estimate of drug-likeness (QED) is 0.833. The number of halogens is 3. The Bertz CT molecular complexity index is 327. The molecule has 0 bridgehead atoms. The minimum absolute atomic E-state index is 0. The van der Waals surface area contributed by atoms with Gasteiger partial charge in [-0.3, -0.25) is 0 Å². The Morgan fingerprint density at radius 2 is 2.13 bits per heavy atom. The van der Waals surface area contributed by atoms with E-state index in [1.807, 2.05) is 6.07 Å². The average molecular weight is 312 g/mol. The van der Waals surface area contributed by atoms with Crippen LogP contribution in [0.3, 0.4) is 0 Å². The maximum Gasteiger partial charge on any atom is 0.0548 e. The molecule has 0 saturated carbocycles. The summed E-state index contributed by atoms with van der Waals surface area (Å²) < 4.78 is 0.962. The smallest absolute Gasteiger partial charge is 0.0548 e. The van der Waals surface area contributed by atoms with Gasteiger partial charge in [-0.2, -0.15) is 0 Å². The summed E-state index contributed by atoms with van der Waals surface area (Å²) in [6.45, 7) is 3.05. The molecule has 1 aromatic carbocycles. The molecule has 1 aromatic rings. The van der Waals surface area contributed by atoms with Crippen LogP contribution in [0.2, 0.25) is 5.02 Å². The highest BCUT2D eigenvalue weighted by atomic mass is 79.9. The third kappa shape index (κ3) is 3.33. The second-order valence-electron chi connectivity index (χ2n) is 3.38. The fourth-order valence-electron chi connectivity index (χ4n) is 1.62. The summed E-state index contributed by atoms with van der Waals surface area (Å²) in [7, 11) is 0. The highest BCUT2D eigenvalue weighted by molar-refractivity contribution is 9.10. The van der Waals surface area contributed by atoms with E-state index in [0.29, 0.717) is 6.04 Å². The lowest BCUT2D eigenvalue weighted by molar-refractivity contribution is 0.430. The Morgan fingerprint density at radius 3 is 2.73 bits per heavy atom. The Balaban J connectivity index is 0.00000112. The van der Waals surface area contributed by atoms with E-state index in [2.05, 4.69) is 38.7 Å². The average Bonchev–Trinajstić information content (AvgIpc) is 2.23. The van der Waals surface area contributed by atoms with Gasteiger partial charge >= 0.3 is 0 Å². The topological polar surface area (TPSA) is 24.1 Å². The molecule has 0 amide bonds. The van der Waals surface area contributed by atoms with Crippen molar-refractivity contribution in [3.63, 3.8) is 0 Å². The summed E-state index contributed by atoms with van der Waals surface area (Å²) in [6.07, 6.45) is 0. The molecule has 1 fully saturated rings. The molecule has 0 unspecified atom stereocenters. The van der Waals surface area contributed by atoms with E-state index in [-0.39, 0.29) is 12.4 Å². The molecule has 1 saturated heterocycles. The number of nitrogens with one attached hydrogen (secondary N) is 2. The molecule has 5 heteroatoms. The molecule has 0 spiro atoms. The van der Waals surface area contributed by atoms with Crippen LogP contribution in [-0.2, 0) is 0 Å². The maximum atomic E-state index is 5.94. The van der Waals surface area contributed by atoms with Crippen molar-refractivity contribution < 1.29 is 0 Å². The van der Waals surface area contributed by atoms with E-state index in [1.54, 1.807) is 0 Å². The van der Waals surface area contributed by atoms with Gasteiger partial charge in [-0.1, -0.05) is 17.7 Å².